The van der Waals surface area contributed by atoms with Crippen LogP contribution in [-0.4, -0.2) is 36.0 Å². The summed E-state index contributed by atoms with van der Waals surface area (Å²) in [6, 6.07) is 0. The van der Waals surface area contributed by atoms with Gasteiger partial charge >= 0.3 is 5.97 Å². The lowest BCUT2D eigenvalue weighted by Crippen LogP contribution is -2.25. The van der Waals surface area contributed by atoms with E-state index in [1.54, 1.807) is 6.92 Å². The van der Waals surface area contributed by atoms with Crippen molar-refractivity contribution in [3.8, 4) is 0 Å². The van der Waals surface area contributed by atoms with Crippen LogP contribution < -0.4 is 0 Å². The Morgan fingerprint density at radius 1 is 1.43 bits per heavy atom. The Kier molecular flexibility index (Phi) is 5.72. The fourth-order valence-electron chi connectivity index (χ4n) is 0.789. The van der Waals surface area contributed by atoms with Gasteiger partial charge in [-0.1, -0.05) is 0 Å². The Hall–Kier alpha value is -0.610. The molecular weight excluding hydrogens is 184 g/mol. The fourth-order valence-corrected chi connectivity index (χ4v) is 0.789. The number of ether oxygens (including phenoxy) is 2. The van der Waals surface area contributed by atoms with Gasteiger partial charge in [0.05, 0.1) is 25.7 Å². The normalized spacial score (nSPS) is 13.8. The van der Waals surface area contributed by atoms with E-state index in [0.717, 1.165) is 0 Å². The molecule has 0 unspecified atom stereocenters. The van der Waals surface area contributed by atoms with E-state index in [1.807, 2.05) is 20.8 Å². The molecular formula is C10H20O4. The number of hydrogen-bond acceptors (Lipinski definition) is 4. The highest BCUT2D eigenvalue weighted by atomic mass is 16.6. The SMILES string of the molecule is C[C@@H](CO)OCCC(=O)OC(C)(C)C. The number of aliphatic hydroxyl groups excluding tert-OH is 1. The van der Waals surface area contributed by atoms with Gasteiger partial charge in [0.2, 0.25) is 0 Å². The van der Waals surface area contributed by atoms with Gasteiger partial charge in [0.1, 0.15) is 5.60 Å². The number of aliphatic hydroxyl groups is 1. The van der Waals surface area contributed by atoms with Crippen LogP contribution in [-0.2, 0) is 14.3 Å². The summed E-state index contributed by atoms with van der Waals surface area (Å²) in [6.45, 7) is 7.46. The summed E-state index contributed by atoms with van der Waals surface area (Å²) in [5.41, 5.74) is -0.445. The molecule has 0 saturated heterocycles. The molecule has 14 heavy (non-hydrogen) atoms. The quantitative estimate of drug-likeness (QED) is 0.682. The minimum Gasteiger partial charge on any atom is -0.460 e. The molecule has 0 bridgehead atoms. The van der Waals surface area contributed by atoms with Crippen LogP contribution in [0.2, 0.25) is 0 Å². The highest BCUT2D eigenvalue weighted by molar-refractivity contribution is 5.69. The van der Waals surface area contributed by atoms with Gasteiger partial charge in [0.25, 0.3) is 0 Å². The maximum atomic E-state index is 11.2. The number of hydrogen-bond donors (Lipinski definition) is 1. The second-order valence-corrected chi connectivity index (χ2v) is 4.20. The Bertz CT molecular complexity index is 171. The zero-order valence-electron chi connectivity index (χ0n) is 9.37. The van der Waals surface area contributed by atoms with Gasteiger partial charge in [-0.3, -0.25) is 4.79 Å². The molecule has 0 spiro atoms. The van der Waals surface area contributed by atoms with Crippen molar-refractivity contribution in [3.63, 3.8) is 0 Å². The Morgan fingerprint density at radius 3 is 2.43 bits per heavy atom. The predicted octanol–water partition coefficient (Wildman–Crippen LogP) is 1.12. The lowest BCUT2D eigenvalue weighted by molar-refractivity contribution is -0.156. The standard InChI is InChI=1S/C10H20O4/c1-8(7-11)13-6-5-9(12)14-10(2,3)4/h8,11H,5-7H2,1-4H3/t8-/m0/s1. The number of esters is 1. The van der Waals surface area contributed by atoms with E-state index in [-0.39, 0.29) is 31.7 Å². The molecule has 1 N–H and O–H groups in total. The molecule has 84 valence electrons. The molecule has 1 atom stereocenters. The van der Waals surface area contributed by atoms with Crippen molar-refractivity contribution < 1.29 is 19.4 Å². The lowest BCUT2D eigenvalue weighted by Gasteiger charge is -2.19. The van der Waals surface area contributed by atoms with E-state index >= 15 is 0 Å². The first-order chi connectivity index (χ1) is 6.35. The van der Waals surface area contributed by atoms with Crippen LogP contribution in [0, 0.1) is 0 Å². The second-order valence-electron chi connectivity index (χ2n) is 4.20. The Balaban J connectivity index is 3.55. The molecule has 0 aliphatic carbocycles. The number of carbonyl (C=O) groups is 1. The van der Waals surface area contributed by atoms with Crippen molar-refractivity contribution in [1.82, 2.24) is 0 Å². The summed E-state index contributed by atoms with van der Waals surface area (Å²) in [5, 5.41) is 8.65. The monoisotopic (exact) mass is 204 g/mol. The molecule has 0 aromatic heterocycles. The van der Waals surface area contributed by atoms with Gasteiger partial charge in [-0.2, -0.15) is 0 Å². The van der Waals surface area contributed by atoms with Crippen LogP contribution in [0.5, 0.6) is 0 Å². The van der Waals surface area contributed by atoms with Gasteiger partial charge in [-0.15, -0.1) is 0 Å². The van der Waals surface area contributed by atoms with E-state index < -0.39 is 5.60 Å². The van der Waals surface area contributed by atoms with E-state index in [9.17, 15) is 4.79 Å². The van der Waals surface area contributed by atoms with E-state index in [0.29, 0.717) is 0 Å². The average Bonchev–Trinajstić information content (AvgIpc) is 2.00. The topological polar surface area (TPSA) is 55.8 Å². The molecule has 4 heteroatoms. The molecule has 4 nitrogen and oxygen atoms in total. The molecule has 0 saturated carbocycles. The van der Waals surface area contributed by atoms with Crippen LogP contribution in [0.25, 0.3) is 0 Å². The van der Waals surface area contributed by atoms with Crippen molar-refractivity contribution in [3.05, 3.63) is 0 Å². The second kappa shape index (κ2) is 5.98. The molecule has 0 aliphatic rings. The van der Waals surface area contributed by atoms with Crippen molar-refractivity contribution in [2.24, 2.45) is 0 Å². The summed E-state index contributed by atoms with van der Waals surface area (Å²) in [5.74, 6) is -0.275. The molecule has 0 aromatic carbocycles. The summed E-state index contributed by atoms with van der Waals surface area (Å²) in [4.78, 5) is 11.2. The van der Waals surface area contributed by atoms with Gasteiger partial charge in [-0.05, 0) is 27.7 Å². The fraction of sp³-hybridized carbons (Fsp3) is 0.900. The van der Waals surface area contributed by atoms with Crippen molar-refractivity contribution in [2.45, 2.75) is 45.8 Å². The zero-order chi connectivity index (χ0) is 11.2. The van der Waals surface area contributed by atoms with Crippen LogP contribution in [0.15, 0.2) is 0 Å². The summed E-state index contributed by atoms with van der Waals surface area (Å²) in [6.07, 6.45) is -0.000776. The first kappa shape index (κ1) is 13.4. The molecule has 0 amide bonds. The lowest BCUT2D eigenvalue weighted by atomic mass is 10.2. The average molecular weight is 204 g/mol. The molecule has 0 radical (unpaired) electrons. The maximum absolute atomic E-state index is 11.2. The smallest absolute Gasteiger partial charge is 0.308 e. The summed E-state index contributed by atoms with van der Waals surface area (Å²) in [7, 11) is 0. The number of rotatable bonds is 5. The number of carbonyl (C=O) groups excluding carboxylic acids is 1. The molecule has 0 rings (SSSR count). The highest BCUT2D eigenvalue weighted by Gasteiger charge is 2.15. The zero-order valence-corrected chi connectivity index (χ0v) is 9.37. The minimum absolute atomic E-state index is 0.0334. The van der Waals surface area contributed by atoms with Crippen LogP contribution >= 0.6 is 0 Å². The molecule has 0 aliphatic heterocycles. The third-order valence-corrected chi connectivity index (χ3v) is 1.39. The van der Waals surface area contributed by atoms with Crippen molar-refractivity contribution >= 4 is 5.97 Å². The first-order valence-corrected chi connectivity index (χ1v) is 4.79. The third kappa shape index (κ3) is 8.01. The molecule has 0 heterocycles. The van der Waals surface area contributed by atoms with Gasteiger partial charge < -0.3 is 14.6 Å². The summed E-state index contributed by atoms with van der Waals surface area (Å²) < 4.78 is 10.2. The van der Waals surface area contributed by atoms with Gasteiger partial charge in [-0.25, -0.2) is 0 Å². The van der Waals surface area contributed by atoms with Gasteiger partial charge in [0.15, 0.2) is 0 Å². The molecule has 0 fully saturated rings. The van der Waals surface area contributed by atoms with Crippen molar-refractivity contribution in [1.29, 1.82) is 0 Å². The minimum atomic E-state index is -0.445. The Labute approximate surface area is 85.2 Å². The maximum Gasteiger partial charge on any atom is 0.308 e. The predicted molar refractivity (Wildman–Crippen MR) is 53.0 cm³/mol. The van der Waals surface area contributed by atoms with Crippen LogP contribution in [0.3, 0.4) is 0 Å². The van der Waals surface area contributed by atoms with E-state index in [2.05, 4.69) is 0 Å². The van der Waals surface area contributed by atoms with Crippen LogP contribution in [0.1, 0.15) is 34.1 Å². The summed E-state index contributed by atoms with van der Waals surface area (Å²) >= 11 is 0. The highest BCUT2D eigenvalue weighted by Crippen LogP contribution is 2.08. The van der Waals surface area contributed by atoms with E-state index in [1.165, 1.54) is 0 Å². The molecule has 0 aromatic rings. The third-order valence-electron chi connectivity index (χ3n) is 1.39. The van der Waals surface area contributed by atoms with Crippen LogP contribution in [0.4, 0.5) is 0 Å². The van der Waals surface area contributed by atoms with Crippen molar-refractivity contribution in [2.75, 3.05) is 13.2 Å². The Morgan fingerprint density at radius 2 is 2.00 bits per heavy atom. The van der Waals surface area contributed by atoms with Gasteiger partial charge in [0, 0.05) is 0 Å². The van der Waals surface area contributed by atoms with E-state index in [4.69, 9.17) is 14.6 Å². The largest absolute Gasteiger partial charge is 0.460 e. The first-order valence-electron chi connectivity index (χ1n) is 4.79.